The van der Waals surface area contributed by atoms with E-state index in [-0.39, 0.29) is 30.1 Å². The molecule has 3 rings (SSSR count). The maximum atomic E-state index is 13.2. The summed E-state index contributed by atoms with van der Waals surface area (Å²) in [6, 6.07) is 7.14. The van der Waals surface area contributed by atoms with Crippen molar-refractivity contribution in [2.75, 3.05) is 6.54 Å². The van der Waals surface area contributed by atoms with Crippen molar-refractivity contribution in [3.05, 3.63) is 59.1 Å². The Labute approximate surface area is 163 Å². The average molecular weight is 385 g/mol. The van der Waals surface area contributed by atoms with Gasteiger partial charge in [0.05, 0.1) is 0 Å². The Morgan fingerprint density at radius 1 is 1.33 bits per heavy atom. The molecule has 0 saturated heterocycles. The molecule has 1 aromatic carbocycles. The first-order valence-electron chi connectivity index (χ1n) is 9.16. The lowest BCUT2D eigenvalue weighted by Crippen LogP contribution is -2.46. The van der Waals surface area contributed by atoms with Gasteiger partial charge in [-0.15, -0.1) is 11.7 Å². The Bertz CT molecular complexity index is 783. The molecule has 1 aliphatic rings. The Balaban J connectivity index is 1.94. The molecule has 7 heteroatoms. The fourth-order valence-electron chi connectivity index (χ4n) is 3.42. The number of aryl methyl sites for hydroxylation is 1. The second-order valence-electron chi connectivity index (χ2n) is 6.84. The second-order valence-corrected chi connectivity index (χ2v) is 7.45. The quantitative estimate of drug-likeness (QED) is 0.744. The molecule has 2 amide bonds. The van der Waals surface area contributed by atoms with Crippen LogP contribution in [0.25, 0.3) is 0 Å². The minimum atomic E-state index is -0.738. The van der Waals surface area contributed by atoms with E-state index in [1.165, 1.54) is 4.90 Å². The molecule has 0 aliphatic heterocycles. The van der Waals surface area contributed by atoms with Crippen LogP contribution in [-0.4, -0.2) is 38.9 Å². The number of nitrogens with one attached hydrogen (secondary N) is 1. The lowest BCUT2D eigenvalue weighted by atomic mass is 10.0. The van der Waals surface area contributed by atoms with Gasteiger partial charge in [-0.05, 0) is 36.9 Å². The Morgan fingerprint density at radius 2 is 2.04 bits per heavy atom. The SMILES string of the molecule is C=CCN(C(=O)c1csnn1)C(C(=O)NC1CCCC1)c1ccc(C)cc1. The number of hydrogen-bond acceptors (Lipinski definition) is 5. The number of carbonyl (C=O) groups excluding carboxylic acids is 2. The number of rotatable bonds is 7. The molecule has 1 N–H and O–H groups in total. The van der Waals surface area contributed by atoms with Gasteiger partial charge >= 0.3 is 0 Å². The molecule has 142 valence electrons. The molecular weight excluding hydrogens is 360 g/mol. The number of hydrogen-bond donors (Lipinski definition) is 1. The largest absolute Gasteiger partial charge is 0.351 e. The highest BCUT2D eigenvalue weighted by atomic mass is 32.1. The van der Waals surface area contributed by atoms with E-state index >= 15 is 0 Å². The Hall–Kier alpha value is -2.54. The predicted octanol–water partition coefficient (Wildman–Crippen LogP) is 3.27. The summed E-state index contributed by atoms with van der Waals surface area (Å²) in [7, 11) is 0. The minimum Gasteiger partial charge on any atom is -0.351 e. The zero-order chi connectivity index (χ0) is 19.2. The molecule has 27 heavy (non-hydrogen) atoms. The number of amides is 2. The summed E-state index contributed by atoms with van der Waals surface area (Å²) in [6.07, 6.45) is 5.84. The summed E-state index contributed by atoms with van der Waals surface area (Å²) in [6.45, 7) is 5.99. The van der Waals surface area contributed by atoms with Crippen molar-refractivity contribution in [1.29, 1.82) is 0 Å². The third-order valence-electron chi connectivity index (χ3n) is 4.82. The number of nitrogens with zero attached hydrogens (tertiary/aromatic N) is 3. The van der Waals surface area contributed by atoms with Crippen LogP contribution < -0.4 is 5.32 Å². The monoisotopic (exact) mass is 384 g/mol. The summed E-state index contributed by atoms with van der Waals surface area (Å²) in [5.41, 5.74) is 2.11. The van der Waals surface area contributed by atoms with E-state index in [9.17, 15) is 9.59 Å². The Kier molecular flexibility index (Phi) is 6.34. The van der Waals surface area contributed by atoms with Crippen LogP contribution in [0.1, 0.15) is 53.3 Å². The standard InChI is InChI=1S/C20H24N4O2S/c1-3-12-24(20(26)17-13-27-23-22-17)18(15-10-8-14(2)9-11-15)19(25)21-16-6-4-5-7-16/h3,8-11,13,16,18H,1,4-7,12H2,2H3,(H,21,25). The molecule has 6 nitrogen and oxygen atoms in total. The molecule has 1 unspecified atom stereocenters. The molecule has 1 atom stereocenters. The fourth-order valence-corrected chi connectivity index (χ4v) is 3.85. The fraction of sp³-hybridized carbons (Fsp3) is 0.400. The van der Waals surface area contributed by atoms with Crippen LogP contribution in [0, 0.1) is 6.92 Å². The van der Waals surface area contributed by atoms with Gasteiger partial charge < -0.3 is 10.2 Å². The lowest BCUT2D eigenvalue weighted by Gasteiger charge is -2.31. The van der Waals surface area contributed by atoms with Crippen molar-refractivity contribution >= 4 is 23.3 Å². The summed E-state index contributed by atoms with van der Waals surface area (Å²) in [4.78, 5) is 27.7. The number of benzene rings is 1. The van der Waals surface area contributed by atoms with Gasteiger partial charge in [0.25, 0.3) is 5.91 Å². The van der Waals surface area contributed by atoms with Crippen molar-refractivity contribution in [3.63, 3.8) is 0 Å². The van der Waals surface area contributed by atoms with Crippen LogP contribution in [0.2, 0.25) is 0 Å². The van der Waals surface area contributed by atoms with E-state index in [0.717, 1.165) is 48.3 Å². The second kappa shape index (κ2) is 8.90. The van der Waals surface area contributed by atoms with E-state index in [4.69, 9.17) is 0 Å². The smallest absolute Gasteiger partial charge is 0.276 e. The highest BCUT2D eigenvalue weighted by Crippen LogP contribution is 2.26. The molecule has 1 fully saturated rings. The molecule has 1 heterocycles. The maximum absolute atomic E-state index is 13.2. The minimum absolute atomic E-state index is 0.163. The molecule has 1 aromatic heterocycles. The van der Waals surface area contributed by atoms with E-state index in [1.54, 1.807) is 11.5 Å². The van der Waals surface area contributed by atoms with E-state index in [2.05, 4.69) is 21.5 Å². The van der Waals surface area contributed by atoms with Crippen molar-refractivity contribution in [1.82, 2.24) is 19.8 Å². The third-order valence-corrected chi connectivity index (χ3v) is 5.33. The highest BCUT2D eigenvalue weighted by molar-refractivity contribution is 7.03. The van der Waals surface area contributed by atoms with Gasteiger partial charge in [0, 0.05) is 18.0 Å². The molecule has 1 aliphatic carbocycles. The molecule has 0 bridgehead atoms. The summed E-state index contributed by atoms with van der Waals surface area (Å²) in [5, 5.41) is 8.61. The third kappa shape index (κ3) is 4.60. The zero-order valence-electron chi connectivity index (χ0n) is 15.4. The van der Waals surface area contributed by atoms with Crippen molar-refractivity contribution < 1.29 is 9.59 Å². The molecule has 0 radical (unpaired) electrons. The highest BCUT2D eigenvalue weighted by Gasteiger charge is 2.33. The van der Waals surface area contributed by atoms with Crippen LogP contribution in [0.5, 0.6) is 0 Å². The first-order valence-corrected chi connectivity index (χ1v) is 9.99. The lowest BCUT2D eigenvalue weighted by molar-refractivity contribution is -0.126. The first-order chi connectivity index (χ1) is 13.1. The van der Waals surface area contributed by atoms with Gasteiger partial charge in [0.2, 0.25) is 5.91 Å². The van der Waals surface area contributed by atoms with Gasteiger partial charge in [-0.25, -0.2) is 0 Å². The Morgan fingerprint density at radius 3 is 2.63 bits per heavy atom. The predicted molar refractivity (Wildman–Crippen MR) is 105 cm³/mol. The first kappa shape index (κ1) is 19.2. The van der Waals surface area contributed by atoms with Gasteiger partial charge in [-0.2, -0.15) is 0 Å². The number of aromatic nitrogens is 2. The van der Waals surface area contributed by atoms with E-state index in [0.29, 0.717) is 0 Å². The van der Waals surface area contributed by atoms with E-state index < -0.39 is 6.04 Å². The van der Waals surface area contributed by atoms with Gasteiger partial charge in [0.1, 0.15) is 6.04 Å². The van der Waals surface area contributed by atoms with Crippen molar-refractivity contribution in [3.8, 4) is 0 Å². The zero-order valence-corrected chi connectivity index (χ0v) is 16.2. The molecule has 2 aromatic rings. The van der Waals surface area contributed by atoms with Crippen LogP contribution >= 0.6 is 11.5 Å². The topological polar surface area (TPSA) is 75.2 Å². The van der Waals surface area contributed by atoms with Crippen LogP contribution in [-0.2, 0) is 4.79 Å². The molecule has 1 saturated carbocycles. The average Bonchev–Trinajstić information content (AvgIpc) is 3.36. The number of carbonyl (C=O) groups is 2. The van der Waals surface area contributed by atoms with Crippen LogP contribution in [0.3, 0.4) is 0 Å². The summed E-state index contributed by atoms with van der Waals surface area (Å²) < 4.78 is 3.78. The maximum Gasteiger partial charge on any atom is 0.276 e. The van der Waals surface area contributed by atoms with Crippen molar-refractivity contribution in [2.45, 2.75) is 44.7 Å². The molecule has 0 spiro atoms. The van der Waals surface area contributed by atoms with Gasteiger partial charge in [-0.1, -0.05) is 53.2 Å². The summed E-state index contributed by atoms with van der Waals surface area (Å²) >= 11 is 1.11. The van der Waals surface area contributed by atoms with Crippen LogP contribution in [0.15, 0.2) is 42.3 Å². The van der Waals surface area contributed by atoms with E-state index in [1.807, 2.05) is 31.2 Å². The molecular formula is C20H24N4O2S. The normalized spacial score (nSPS) is 15.3. The van der Waals surface area contributed by atoms with Crippen molar-refractivity contribution in [2.24, 2.45) is 0 Å². The van der Waals surface area contributed by atoms with Crippen LogP contribution in [0.4, 0.5) is 0 Å². The summed E-state index contributed by atoms with van der Waals surface area (Å²) in [5.74, 6) is -0.486. The van der Waals surface area contributed by atoms with Gasteiger partial charge in [0.15, 0.2) is 5.69 Å². The van der Waals surface area contributed by atoms with Gasteiger partial charge in [-0.3, -0.25) is 9.59 Å².